The highest BCUT2D eigenvalue weighted by molar-refractivity contribution is 7.96. The van der Waals surface area contributed by atoms with E-state index >= 15 is 0 Å². The largest absolute Gasteiger partial charge is 0.381 e. The molecule has 1 heterocycles. The van der Waals surface area contributed by atoms with Gasteiger partial charge in [-0.15, -0.1) is 0 Å². The molecule has 0 amide bonds. The van der Waals surface area contributed by atoms with Gasteiger partial charge >= 0.3 is 0 Å². The van der Waals surface area contributed by atoms with Gasteiger partial charge in [0.05, 0.1) is 59.2 Å². The van der Waals surface area contributed by atoms with Crippen LogP contribution in [0.2, 0.25) is 72.5 Å². The van der Waals surface area contributed by atoms with Crippen molar-refractivity contribution in [1.29, 1.82) is 0 Å². The Labute approximate surface area is 457 Å². The molecular formula is C65H110NOP2Si4+. The van der Waals surface area contributed by atoms with Crippen molar-refractivity contribution in [2.24, 2.45) is 0 Å². The van der Waals surface area contributed by atoms with Crippen LogP contribution in [0.15, 0.2) is 97.1 Å². The highest BCUT2D eigenvalue weighted by Gasteiger charge is 2.53. The topological polar surface area (TPSA) is 21.3 Å². The standard InChI is InChI=1S/C65H110NOP2Si4/c1-13-45-70(46-14-2,47-15-3)62-33-25-57(26-34-62)68(58-27-35-63(36-28-58)71(48-16-4,49-17-5)50-18-6)66-69(61-41-43-67-44-42-61,59-29-37-64(38-30-59)72(51-19-7,52-20-8)53-21-9)60-31-39-65(40-32-60)73(54-22-10,55-23-11)56-24-12/h25-40,61,66H,13-24,41-56H2,1-12H3/q+1. The minimum atomic E-state index is -2.31. The Morgan fingerprint density at radius 3 is 0.795 bits per heavy atom. The fraction of sp³-hybridized carbons (Fsp3) is 0.631. The SMILES string of the molecule is CCC[Si](CCC)(CCC)c1ccc(P(N[P+](c2ccc([Si](CCC)(CCC)CCC)cc2)(c2ccc([Si](CCC)(CCC)CCC)cc2)C2CCOCC2)c2ccc([Si](CCC)(CCC)CCC)cc2)cc1. The second-order valence-electron chi connectivity index (χ2n) is 23.3. The maximum absolute atomic E-state index is 6.35. The molecule has 0 spiro atoms. The number of ether oxygens (including phenoxy) is 1. The van der Waals surface area contributed by atoms with Crippen molar-refractivity contribution >= 4 is 89.7 Å². The van der Waals surface area contributed by atoms with Crippen LogP contribution < -0.4 is 46.8 Å². The molecule has 0 unspecified atom stereocenters. The first-order valence-corrected chi connectivity index (χ1v) is 44.7. The summed E-state index contributed by atoms with van der Waals surface area (Å²) in [6, 6.07) is 59.6. The van der Waals surface area contributed by atoms with Crippen molar-refractivity contribution in [3.63, 3.8) is 0 Å². The van der Waals surface area contributed by atoms with E-state index in [2.05, 4.69) is 180 Å². The molecule has 1 aliphatic heterocycles. The summed E-state index contributed by atoms with van der Waals surface area (Å²) in [7, 11) is -9.81. The van der Waals surface area contributed by atoms with Crippen LogP contribution in [0.3, 0.4) is 0 Å². The van der Waals surface area contributed by atoms with E-state index in [0.717, 1.165) is 26.1 Å². The summed E-state index contributed by atoms with van der Waals surface area (Å²) in [5, 5.41) is 13.0. The zero-order valence-corrected chi connectivity index (χ0v) is 55.2. The Kier molecular flexibility index (Phi) is 26.7. The van der Waals surface area contributed by atoms with E-state index in [1.807, 2.05) is 0 Å². The number of benzene rings is 4. The molecule has 8 heteroatoms. The first-order chi connectivity index (χ1) is 35.5. The van der Waals surface area contributed by atoms with E-state index in [4.69, 9.17) is 9.59 Å². The molecule has 0 aromatic heterocycles. The van der Waals surface area contributed by atoms with Crippen molar-refractivity contribution in [2.45, 2.75) is 251 Å². The summed E-state index contributed by atoms with van der Waals surface area (Å²) in [4.78, 5) is 5.00. The van der Waals surface area contributed by atoms with Gasteiger partial charge in [-0.3, -0.25) is 0 Å². The first-order valence-electron chi connectivity index (χ1n) is 31.0. The van der Waals surface area contributed by atoms with Crippen molar-refractivity contribution in [1.82, 2.24) is 4.86 Å². The van der Waals surface area contributed by atoms with Crippen LogP contribution in [0.5, 0.6) is 0 Å². The zero-order valence-electron chi connectivity index (χ0n) is 49.4. The van der Waals surface area contributed by atoms with Crippen molar-refractivity contribution in [3.05, 3.63) is 97.1 Å². The van der Waals surface area contributed by atoms with E-state index in [9.17, 15) is 0 Å². The lowest BCUT2D eigenvalue weighted by Crippen LogP contribution is -2.49. The van der Waals surface area contributed by atoms with Crippen molar-refractivity contribution < 1.29 is 4.74 Å². The van der Waals surface area contributed by atoms with E-state index in [0.29, 0.717) is 5.66 Å². The third-order valence-corrected chi connectivity index (χ3v) is 49.2. The molecule has 73 heavy (non-hydrogen) atoms. The van der Waals surface area contributed by atoms with Gasteiger partial charge in [-0.2, -0.15) is 4.86 Å². The Balaban J connectivity index is 1.87. The molecule has 406 valence electrons. The average molecular weight is 1100 g/mol. The normalized spacial score (nSPS) is 14.4. The Bertz CT molecular complexity index is 1910. The second-order valence-corrected chi connectivity index (χ2v) is 47.6. The number of hydrogen-bond donors (Lipinski definition) is 1. The minimum absolute atomic E-state index is 0.492. The molecular weight excluding hydrogens is 985 g/mol. The molecule has 0 bridgehead atoms. The van der Waals surface area contributed by atoms with Crippen LogP contribution in [-0.4, -0.2) is 51.2 Å². The van der Waals surface area contributed by atoms with E-state index < -0.39 is 47.8 Å². The Morgan fingerprint density at radius 2 is 0.575 bits per heavy atom. The number of hydrogen-bond acceptors (Lipinski definition) is 2. The summed E-state index contributed by atoms with van der Waals surface area (Å²) in [6.07, 6.45) is 17.7. The molecule has 1 saturated heterocycles. The first kappa shape index (κ1) is 62.4. The minimum Gasteiger partial charge on any atom is -0.381 e. The quantitative estimate of drug-likeness (QED) is 0.0366. The highest BCUT2D eigenvalue weighted by atomic mass is 31.2. The van der Waals surface area contributed by atoms with Crippen molar-refractivity contribution in [2.75, 3.05) is 13.2 Å². The zero-order chi connectivity index (χ0) is 52.8. The maximum atomic E-state index is 6.35. The van der Waals surface area contributed by atoms with Crippen LogP contribution >= 0.6 is 15.5 Å². The summed E-state index contributed by atoms with van der Waals surface area (Å²) in [6.45, 7) is 31.0. The van der Waals surface area contributed by atoms with Gasteiger partial charge in [-0.1, -0.05) is 326 Å². The lowest BCUT2D eigenvalue weighted by atomic mass is 10.2. The lowest BCUT2D eigenvalue weighted by molar-refractivity contribution is 0.0988. The molecule has 0 saturated carbocycles. The van der Waals surface area contributed by atoms with Crippen LogP contribution in [0, 0.1) is 0 Å². The highest BCUT2D eigenvalue weighted by Crippen LogP contribution is 2.64. The molecule has 0 aliphatic carbocycles. The molecule has 2 nitrogen and oxygen atoms in total. The molecule has 1 fully saturated rings. The second kappa shape index (κ2) is 31.2. The number of nitrogens with one attached hydrogen (secondary N) is 1. The van der Waals surface area contributed by atoms with Gasteiger partial charge in [-0.05, 0) is 34.9 Å². The monoisotopic (exact) mass is 1090 g/mol. The van der Waals surface area contributed by atoms with Gasteiger partial charge in [0.1, 0.15) is 10.6 Å². The summed E-state index contributed by atoms with van der Waals surface area (Å²) < 4.78 is 6.35. The van der Waals surface area contributed by atoms with Gasteiger partial charge in [0.2, 0.25) is 0 Å². The molecule has 0 atom stereocenters. The van der Waals surface area contributed by atoms with Gasteiger partial charge in [0.15, 0.2) is 7.41 Å². The fourth-order valence-corrected chi connectivity index (χ4v) is 45.0. The molecule has 0 radical (unpaired) electrons. The summed E-state index contributed by atoms with van der Waals surface area (Å²) in [5.74, 6) is 0. The molecule has 1 N–H and O–H groups in total. The molecule has 5 rings (SSSR count). The van der Waals surface area contributed by atoms with Gasteiger partial charge in [-0.25, -0.2) is 0 Å². The third kappa shape index (κ3) is 14.8. The van der Waals surface area contributed by atoms with Crippen LogP contribution in [0.4, 0.5) is 0 Å². The van der Waals surface area contributed by atoms with E-state index in [1.54, 1.807) is 31.4 Å². The Hall–Kier alpha value is -1.47. The van der Waals surface area contributed by atoms with Gasteiger partial charge in [0.25, 0.3) is 0 Å². The van der Waals surface area contributed by atoms with Gasteiger partial charge in [0, 0.05) is 12.8 Å². The predicted molar refractivity (Wildman–Crippen MR) is 348 cm³/mol. The smallest absolute Gasteiger partial charge is 0.153 e. The third-order valence-electron chi connectivity index (χ3n) is 18.0. The lowest BCUT2D eigenvalue weighted by Gasteiger charge is -2.40. The van der Waals surface area contributed by atoms with E-state index in [1.165, 1.54) is 160 Å². The average Bonchev–Trinajstić information content (AvgIpc) is 3.40. The van der Waals surface area contributed by atoms with E-state index in [-0.39, 0.29) is 0 Å². The molecule has 4 aromatic rings. The predicted octanol–water partition coefficient (Wildman–Crippen LogP) is 16.9. The summed E-state index contributed by atoms with van der Waals surface area (Å²) >= 11 is 0. The fourth-order valence-electron chi connectivity index (χ4n) is 15.3. The van der Waals surface area contributed by atoms with Crippen LogP contribution in [0.1, 0.15) is 173 Å². The van der Waals surface area contributed by atoms with Crippen LogP contribution in [-0.2, 0) is 4.74 Å². The number of rotatable bonds is 35. The Morgan fingerprint density at radius 1 is 0.356 bits per heavy atom. The maximum Gasteiger partial charge on any atom is 0.153 e. The summed E-state index contributed by atoms with van der Waals surface area (Å²) in [5.41, 5.74) is 0.492. The molecule has 4 aromatic carbocycles. The van der Waals surface area contributed by atoms with Crippen molar-refractivity contribution in [3.8, 4) is 0 Å². The molecule has 1 aliphatic rings. The van der Waals surface area contributed by atoms with Crippen LogP contribution in [0.25, 0.3) is 0 Å². The van der Waals surface area contributed by atoms with Gasteiger partial charge < -0.3 is 4.74 Å².